The van der Waals surface area contributed by atoms with Gasteiger partial charge in [-0.15, -0.1) is 0 Å². The molecule has 8 heteroatoms. The van der Waals surface area contributed by atoms with Crippen LogP contribution in [0.1, 0.15) is 51.8 Å². The second-order valence-corrected chi connectivity index (χ2v) is 9.12. The minimum Gasteiger partial charge on any atom is -0.373 e. The van der Waals surface area contributed by atoms with Crippen LogP contribution in [-0.4, -0.2) is 75.0 Å². The fraction of sp³-hybridized carbons (Fsp3) is 0.857. The van der Waals surface area contributed by atoms with E-state index in [1.165, 1.54) is 4.68 Å². The molecule has 1 amide bonds. The first-order chi connectivity index (χ1) is 14.0. The highest BCUT2D eigenvalue weighted by atomic mass is 16.5. The highest BCUT2D eigenvalue weighted by Gasteiger charge is 2.28. The molecule has 162 valence electrons. The van der Waals surface area contributed by atoms with Gasteiger partial charge in [-0.1, -0.05) is 6.42 Å². The van der Waals surface area contributed by atoms with E-state index in [-0.39, 0.29) is 18.1 Å². The first-order valence-electron chi connectivity index (χ1n) is 11.3. The van der Waals surface area contributed by atoms with Crippen LogP contribution in [0.15, 0.2) is 4.79 Å². The average Bonchev–Trinajstić information content (AvgIpc) is 2.83. The standard InChI is InChI=1S/C21H35N5O3/c1-16-12-23(13-17(2)29-16)14-18-7-10-24(11-8-18)20(27)15-26-21(28)25-9-5-3-4-6-19(25)22-26/h16-18H,3-15H2,1-2H3. The second-order valence-electron chi connectivity index (χ2n) is 9.12. The predicted molar refractivity (Wildman–Crippen MR) is 110 cm³/mol. The van der Waals surface area contributed by atoms with Crippen LogP contribution in [-0.2, 0) is 29.0 Å². The molecule has 2 unspecified atom stereocenters. The number of morpholine rings is 1. The van der Waals surface area contributed by atoms with Gasteiger partial charge >= 0.3 is 5.69 Å². The zero-order valence-corrected chi connectivity index (χ0v) is 17.9. The van der Waals surface area contributed by atoms with Crippen molar-refractivity contribution in [1.29, 1.82) is 0 Å². The number of aromatic nitrogens is 3. The van der Waals surface area contributed by atoms with Gasteiger partial charge in [0.15, 0.2) is 0 Å². The first kappa shape index (κ1) is 20.6. The van der Waals surface area contributed by atoms with E-state index in [1.807, 2.05) is 4.90 Å². The summed E-state index contributed by atoms with van der Waals surface area (Å²) in [6, 6.07) is 0. The van der Waals surface area contributed by atoms with E-state index in [4.69, 9.17) is 4.74 Å². The molecule has 2 fully saturated rings. The lowest BCUT2D eigenvalue weighted by atomic mass is 9.95. The van der Waals surface area contributed by atoms with Crippen molar-refractivity contribution in [3.63, 3.8) is 0 Å². The lowest BCUT2D eigenvalue weighted by Gasteiger charge is -2.39. The van der Waals surface area contributed by atoms with Gasteiger partial charge in [-0.2, -0.15) is 5.10 Å². The summed E-state index contributed by atoms with van der Waals surface area (Å²) in [5.41, 5.74) is -0.124. The molecule has 0 N–H and O–H groups in total. The van der Waals surface area contributed by atoms with Gasteiger partial charge in [-0.3, -0.25) is 14.3 Å². The van der Waals surface area contributed by atoms with Gasteiger partial charge in [0.05, 0.1) is 12.2 Å². The largest absolute Gasteiger partial charge is 0.373 e. The third kappa shape index (κ3) is 4.91. The topological polar surface area (TPSA) is 72.6 Å². The van der Waals surface area contributed by atoms with Crippen molar-refractivity contribution in [3.8, 4) is 0 Å². The number of aryl methyl sites for hydroxylation is 1. The van der Waals surface area contributed by atoms with E-state index < -0.39 is 0 Å². The van der Waals surface area contributed by atoms with Crippen LogP contribution >= 0.6 is 0 Å². The number of fused-ring (bicyclic) bond motifs is 1. The van der Waals surface area contributed by atoms with Crippen LogP contribution in [0.5, 0.6) is 0 Å². The monoisotopic (exact) mass is 405 g/mol. The molecule has 0 bridgehead atoms. The Bertz CT molecular complexity index is 755. The Morgan fingerprint density at radius 3 is 2.52 bits per heavy atom. The number of carbonyl (C=O) groups excluding carboxylic acids is 1. The minimum absolute atomic E-state index is 0.0208. The fourth-order valence-corrected chi connectivity index (χ4v) is 5.12. The number of amides is 1. The number of hydrogen-bond donors (Lipinski definition) is 0. The maximum atomic E-state index is 12.8. The highest BCUT2D eigenvalue weighted by molar-refractivity contribution is 5.75. The minimum atomic E-state index is -0.124. The molecule has 0 saturated carbocycles. The Hall–Kier alpha value is -1.67. The molecule has 2 saturated heterocycles. The van der Waals surface area contributed by atoms with E-state index in [2.05, 4.69) is 23.8 Å². The van der Waals surface area contributed by atoms with Crippen molar-refractivity contribution in [3.05, 3.63) is 16.3 Å². The summed E-state index contributed by atoms with van der Waals surface area (Å²) in [6.07, 6.45) is 6.70. The van der Waals surface area contributed by atoms with Gasteiger partial charge in [0.2, 0.25) is 5.91 Å². The summed E-state index contributed by atoms with van der Waals surface area (Å²) in [7, 11) is 0. The van der Waals surface area contributed by atoms with Crippen LogP contribution in [0.3, 0.4) is 0 Å². The molecule has 2 atom stereocenters. The van der Waals surface area contributed by atoms with Crippen LogP contribution in [0.2, 0.25) is 0 Å². The highest BCUT2D eigenvalue weighted by Crippen LogP contribution is 2.21. The van der Waals surface area contributed by atoms with E-state index in [9.17, 15) is 9.59 Å². The Morgan fingerprint density at radius 1 is 1.07 bits per heavy atom. The van der Waals surface area contributed by atoms with E-state index >= 15 is 0 Å². The van der Waals surface area contributed by atoms with E-state index in [0.29, 0.717) is 18.1 Å². The average molecular weight is 406 g/mol. The third-order valence-corrected chi connectivity index (χ3v) is 6.55. The quantitative estimate of drug-likeness (QED) is 0.751. The lowest BCUT2D eigenvalue weighted by molar-refractivity contribution is -0.133. The van der Waals surface area contributed by atoms with Crippen molar-refractivity contribution in [1.82, 2.24) is 24.1 Å². The maximum absolute atomic E-state index is 12.8. The fourth-order valence-electron chi connectivity index (χ4n) is 5.12. The SMILES string of the molecule is CC1CN(CC2CCN(C(=O)Cn3nc4n(c3=O)CCCCC4)CC2)CC(C)O1. The summed E-state index contributed by atoms with van der Waals surface area (Å²) in [5.74, 6) is 1.49. The molecule has 4 rings (SSSR count). The van der Waals surface area contributed by atoms with Crippen LogP contribution in [0.25, 0.3) is 0 Å². The molecular weight excluding hydrogens is 370 g/mol. The number of piperidine rings is 1. The molecule has 3 aliphatic rings. The molecule has 0 aliphatic carbocycles. The Kier molecular flexibility index (Phi) is 6.39. The van der Waals surface area contributed by atoms with Crippen molar-refractivity contribution in [2.45, 2.75) is 77.7 Å². The van der Waals surface area contributed by atoms with Crippen molar-refractivity contribution < 1.29 is 9.53 Å². The molecule has 1 aromatic heterocycles. The summed E-state index contributed by atoms with van der Waals surface area (Å²) >= 11 is 0. The van der Waals surface area contributed by atoms with Crippen molar-refractivity contribution in [2.75, 3.05) is 32.7 Å². The van der Waals surface area contributed by atoms with Gasteiger partial charge in [-0.05, 0) is 45.4 Å². The van der Waals surface area contributed by atoms with Crippen molar-refractivity contribution >= 4 is 5.91 Å². The molecule has 1 aromatic rings. The summed E-state index contributed by atoms with van der Waals surface area (Å²) in [6.45, 7) is 9.72. The van der Waals surface area contributed by atoms with Gasteiger partial charge in [0.25, 0.3) is 0 Å². The Labute approximate surface area is 172 Å². The Balaban J connectivity index is 1.28. The molecule has 0 spiro atoms. The Morgan fingerprint density at radius 2 is 1.79 bits per heavy atom. The van der Waals surface area contributed by atoms with Crippen LogP contribution in [0.4, 0.5) is 0 Å². The third-order valence-electron chi connectivity index (χ3n) is 6.55. The molecule has 8 nitrogen and oxygen atoms in total. The van der Waals surface area contributed by atoms with Gasteiger partial charge in [-0.25, -0.2) is 9.48 Å². The molecule has 3 aliphatic heterocycles. The number of nitrogens with zero attached hydrogens (tertiary/aromatic N) is 5. The first-order valence-corrected chi connectivity index (χ1v) is 11.3. The van der Waals surface area contributed by atoms with Gasteiger partial charge < -0.3 is 9.64 Å². The zero-order valence-electron chi connectivity index (χ0n) is 17.9. The number of carbonyl (C=O) groups is 1. The molecule has 0 aromatic carbocycles. The van der Waals surface area contributed by atoms with Gasteiger partial charge in [0, 0.05) is 45.7 Å². The maximum Gasteiger partial charge on any atom is 0.346 e. The van der Waals surface area contributed by atoms with Crippen molar-refractivity contribution in [2.24, 2.45) is 5.92 Å². The van der Waals surface area contributed by atoms with E-state index in [0.717, 1.165) is 83.6 Å². The van der Waals surface area contributed by atoms with Gasteiger partial charge in [0.1, 0.15) is 12.4 Å². The van der Waals surface area contributed by atoms with E-state index in [1.54, 1.807) is 4.57 Å². The number of rotatable bonds is 4. The molecular formula is C21H35N5O3. The summed E-state index contributed by atoms with van der Waals surface area (Å²) in [5, 5.41) is 4.45. The summed E-state index contributed by atoms with van der Waals surface area (Å²) < 4.78 is 8.97. The normalized spacial score (nSPS) is 26.9. The molecule has 4 heterocycles. The summed E-state index contributed by atoms with van der Waals surface area (Å²) in [4.78, 5) is 29.8. The lowest BCUT2D eigenvalue weighted by Crippen LogP contribution is -2.49. The number of likely N-dealkylation sites (tertiary alicyclic amines) is 1. The zero-order chi connectivity index (χ0) is 20.4. The van der Waals surface area contributed by atoms with Crippen LogP contribution < -0.4 is 5.69 Å². The molecule has 29 heavy (non-hydrogen) atoms. The smallest absolute Gasteiger partial charge is 0.346 e. The predicted octanol–water partition coefficient (Wildman–Crippen LogP) is 1.12. The number of ether oxygens (including phenoxy) is 1. The van der Waals surface area contributed by atoms with Crippen LogP contribution in [0, 0.1) is 5.92 Å². The second kappa shape index (κ2) is 9.00. The molecule has 0 radical (unpaired) electrons. The number of hydrogen-bond acceptors (Lipinski definition) is 5.